The summed E-state index contributed by atoms with van der Waals surface area (Å²) in [7, 11) is 3.51. The van der Waals surface area contributed by atoms with E-state index in [4.69, 9.17) is 4.74 Å². The standard InChI is InChI=1S/C22H37NO4/c1-4-5-6-7-18(24)8-9-19-20-13-16(12-17(20)14-21(19)25)15-27-11-10-22(26)23(2)3/h8-9,12,17-21,24-25H,4-7,10-11,13-15H2,1-3H3/t17-,18-,19+,20-,21+/m0/s1. The lowest BCUT2D eigenvalue weighted by Gasteiger charge is -2.19. The number of allylic oxidation sites excluding steroid dienone is 1. The van der Waals surface area contributed by atoms with Crippen molar-refractivity contribution in [3.8, 4) is 0 Å². The van der Waals surface area contributed by atoms with Crippen LogP contribution in [0, 0.1) is 17.8 Å². The van der Waals surface area contributed by atoms with Gasteiger partial charge in [0.15, 0.2) is 0 Å². The van der Waals surface area contributed by atoms with E-state index < -0.39 is 6.10 Å². The maximum Gasteiger partial charge on any atom is 0.224 e. The molecule has 5 heteroatoms. The third-order valence-electron chi connectivity index (χ3n) is 5.86. The average molecular weight is 380 g/mol. The minimum absolute atomic E-state index is 0.0816. The molecule has 2 N–H and O–H groups in total. The van der Waals surface area contributed by atoms with Crippen LogP contribution in [0.4, 0.5) is 0 Å². The summed E-state index contributed by atoms with van der Waals surface area (Å²) in [5, 5.41) is 20.5. The van der Waals surface area contributed by atoms with Crippen molar-refractivity contribution in [1.82, 2.24) is 4.90 Å². The van der Waals surface area contributed by atoms with Crippen LogP contribution in [0.2, 0.25) is 0 Å². The maximum absolute atomic E-state index is 11.6. The van der Waals surface area contributed by atoms with Gasteiger partial charge >= 0.3 is 0 Å². The predicted molar refractivity (Wildman–Crippen MR) is 107 cm³/mol. The number of ether oxygens (including phenoxy) is 1. The molecule has 0 aromatic carbocycles. The van der Waals surface area contributed by atoms with Gasteiger partial charge < -0.3 is 19.8 Å². The molecule has 1 fully saturated rings. The van der Waals surface area contributed by atoms with Gasteiger partial charge in [-0.15, -0.1) is 0 Å². The van der Waals surface area contributed by atoms with Gasteiger partial charge in [-0.3, -0.25) is 4.79 Å². The highest BCUT2D eigenvalue weighted by molar-refractivity contribution is 5.75. The molecule has 0 spiro atoms. The third-order valence-corrected chi connectivity index (χ3v) is 5.86. The Balaban J connectivity index is 1.76. The molecule has 1 amide bonds. The van der Waals surface area contributed by atoms with Gasteiger partial charge in [0, 0.05) is 20.0 Å². The molecule has 0 aliphatic heterocycles. The number of nitrogens with zero attached hydrogens (tertiary/aromatic N) is 1. The lowest BCUT2D eigenvalue weighted by Crippen LogP contribution is -2.23. The first-order valence-electron chi connectivity index (χ1n) is 10.4. The van der Waals surface area contributed by atoms with Gasteiger partial charge in [-0.25, -0.2) is 0 Å². The molecule has 154 valence electrons. The minimum atomic E-state index is -0.408. The summed E-state index contributed by atoms with van der Waals surface area (Å²) in [6.07, 6.45) is 11.7. The molecular weight excluding hydrogens is 342 g/mol. The van der Waals surface area contributed by atoms with E-state index in [2.05, 4.69) is 13.0 Å². The van der Waals surface area contributed by atoms with Crippen molar-refractivity contribution in [3.05, 3.63) is 23.8 Å². The molecule has 5 nitrogen and oxygen atoms in total. The summed E-state index contributed by atoms with van der Waals surface area (Å²) in [5.41, 5.74) is 1.27. The van der Waals surface area contributed by atoms with E-state index in [0.29, 0.717) is 31.5 Å². The lowest BCUT2D eigenvalue weighted by molar-refractivity contribution is -0.129. The predicted octanol–water partition coefficient (Wildman–Crippen LogP) is 2.92. The summed E-state index contributed by atoms with van der Waals surface area (Å²) in [6, 6.07) is 0. The Morgan fingerprint density at radius 2 is 2.19 bits per heavy atom. The van der Waals surface area contributed by atoms with Gasteiger partial charge in [0.05, 0.1) is 31.8 Å². The summed E-state index contributed by atoms with van der Waals surface area (Å²) in [6.45, 7) is 3.17. The molecule has 27 heavy (non-hydrogen) atoms. The Bertz CT molecular complexity index is 528. The monoisotopic (exact) mass is 379 g/mol. The average Bonchev–Trinajstić information content (AvgIpc) is 3.13. The van der Waals surface area contributed by atoms with Crippen LogP contribution in [0.25, 0.3) is 0 Å². The van der Waals surface area contributed by atoms with Crippen LogP contribution in [0.1, 0.15) is 51.9 Å². The fourth-order valence-electron chi connectivity index (χ4n) is 4.25. The van der Waals surface area contributed by atoms with Crippen molar-refractivity contribution < 1.29 is 19.7 Å². The van der Waals surface area contributed by atoms with Gasteiger partial charge in [0.25, 0.3) is 0 Å². The molecule has 5 atom stereocenters. The Hall–Kier alpha value is -1.17. The van der Waals surface area contributed by atoms with Gasteiger partial charge in [0.1, 0.15) is 0 Å². The molecule has 0 bridgehead atoms. The molecule has 0 aromatic heterocycles. The molecule has 0 radical (unpaired) electrons. The number of amides is 1. The number of fused-ring (bicyclic) bond motifs is 1. The molecule has 0 unspecified atom stereocenters. The largest absolute Gasteiger partial charge is 0.392 e. The van der Waals surface area contributed by atoms with Crippen molar-refractivity contribution in [2.45, 2.75) is 64.1 Å². The van der Waals surface area contributed by atoms with Crippen LogP contribution in [0.15, 0.2) is 23.8 Å². The second kappa shape index (κ2) is 11.0. The highest BCUT2D eigenvalue weighted by Crippen LogP contribution is 2.47. The van der Waals surface area contributed by atoms with Crippen LogP contribution in [0.5, 0.6) is 0 Å². The van der Waals surface area contributed by atoms with Crippen LogP contribution in [-0.2, 0) is 9.53 Å². The number of carbonyl (C=O) groups excluding carboxylic acids is 1. The number of carbonyl (C=O) groups is 1. The Labute approximate surface area is 164 Å². The fourth-order valence-corrected chi connectivity index (χ4v) is 4.25. The second-order valence-electron chi connectivity index (χ2n) is 8.28. The number of aliphatic hydroxyl groups excluding tert-OH is 2. The number of rotatable bonds is 11. The summed E-state index contributed by atoms with van der Waals surface area (Å²) in [4.78, 5) is 13.1. The van der Waals surface area contributed by atoms with Gasteiger partial charge in [-0.2, -0.15) is 0 Å². The van der Waals surface area contributed by atoms with E-state index in [1.807, 2.05) is 12.2 Å². The summed E-state index contributed by atoms with van der Waals surface area (Å²) in [5.74, 6) is 0.993. The molecule has 1 saturated carbocycles. The summed E-state index contributed by atoms with van der Waals surface area (Å²) < 4.78 is 5.68. The van der Waals surface area contributed by atoms with E-state index in [-0.39, 0.29) is 17.9 Å². The van der Waals surface area contributed by atoms with Crippen molar-refractivity contribution >= 4 is 5.91 Å². The van der Waals surface area contributed by atoms with E-state index in [9.17, 15) is 15.0 Å². The normalized spacial score (nSPS) is 28.4. The van der Waals surface area contributed by atoms with Crippen LogP contribution in [-0.4, -0.2) is 60.5 Å². The first kappa shape index (κ1) is 22.1. The van der Waals surface area contributed by atoms with Gasteiger partial charge in [-0.05, 0) is 36.7 Å². The zero-order valence-electron chi connectivity index (χ0n) is 17.1. The number of hydrogen-bond donors (Lipinski definition) is 2. The van der Waals surface area contributed by atoms with E-state index in [1.165, 1.54) is 5.57 Å². The lowest BCUT2D eigenvalue weighted by atomic mass is 9.89. The van der Waals surface area contributed by atoms with Crippen molar-refractivity contribution in [2.24, 2.45) is 17.8 Å². The molecule has 0 aromatic rings. The van der Waals surface area contributed by atoms with Crippen LogP contribution < -0.4 is 0 Å². The van der Waals surface area contributed by atoms with Gasteiger partial charge in [-0.1, -0.05) is 44.4 Å². The number of hydrogen-bond acceptors (Lipinski definition) is 4. The van der Waals surface area contributed by atoms with Crippen LogP contribution >= 0.6 is 0 Å². The Morgan fingerprint density at radius 3 is 2.89 bits per heavy atom. The van der Waals surface area contributed by atoms with Crippen molar-refractivity contribution in [3.63, 3.8) is 0 Å². The molecule has 2 rings (SSSR count). The number of aliphatic hydroxyl groups is 2. The molecular formula is C22H37NO4. The Kier molecular flexibility index (Phi) is 9.00. The van der Waals surface area contributed by atoms with Crippen LogP contribution in [0.3, 0.4) is 0 Å². The maximum atomic E-state index is 11.6. The second-order valence-corrected chi connectivity index (χ2v) is 8.28. The zero-order valence-corrected chi connectivity index (χ0v) is 17.1. The molecule has 0 heterocycles. The smallest absolute Gasteiger partial charge is 0.224 e. The van der Waals surface area contributed by atoms with Crippen molar-refractivity contribution in [1.29, 1.82) is 0 Å². The third kappa shape index (κ3) is 6.74. The zero-order chi connectivity index (χ0) is 19.8. The summed E-state index contributed by atoms with van der Waals surface area (Å²) >= 11 is 0. The molecule has 2 aliphatic carbocycles. The first-order chi connectivity index (χ1) is 12.9. The Morgan fingerprint density at radius 1 is 1.41 bits per heavy atom. The minimum Gasteiger partial charge on any atom is -0.392 e. The molecule has 0 saturated heterocycles. The topological polar surface area (TPSA) is 70.0 Å². The SMILES string of the molecule is CCCCC[C@H](O)C=C[C@@H]1[C@H]2CC(COCCC(=O)N(C)C)=C[C@H]2C[C@H]1O. The van der Waals surface area contributed by atoms with Gasteiger partial charge in [0.2, 0.25) is 5.91 Å². The highest BCUT2D eigenvalue weighted by Gasteiger charge is 2.43. The van der Waals surface area contributed by atoms with E-state index in [1.54, 1.807) is 19.0 Å². The first-order valence-corrected chi connectivity index (χ1v) is 10.4. The highest BCUT2D eigenvalue weighted by atomic mass is 16.5. The van der Waals surface area contributed by atoms with Crippen molar-refractivity contribution in [2.75, 3.05) is 27.3 Å². The van der Waals surface area contributed by atoms with E-state index in [0.717, 1.165) is 38.5 Å². The quantitative estimate of drug-likeness (QED) is 0.428. The van der Waals surface area contributed by atoms with E-state index >= 15 is 0 Å². The fraction of sp³-hybridized carbons (Fsp3) is 0.773. The number of unbranched alkanes of at least 4 members (excludes halogenated alkanes) is 2. The molecule has 2 aliphatic rings.